The van der Waals surface area contributed by atoms with Crippen LogP contribution < -0.4 is 5.90 Å². The van der Waals surface area contributed by atoms with E-state index in [0.717, 1.165) is 5.06 Å². The minimum atomic E-state index is -0.760. The van der Waals surface area contributed by atoms with Gasteiger partial charge < -0.3 is 66.8 Å². The van der Waals surface area contributed by atoms with Gasteiger partial charge in [-0.1, -0.05) is 24.3 Å². The number of aliphatic hydroxyl groups is 1. The lowest BCUT2D eigenvalue weighted by atomic mass is 10.1. The molecular weight excluding hydrogens is 961 g/mol. The predicted octanol–water partition coefficient (Wildman–Crippen LogP) is 2.84. The molecule has 0 spiro atoms. The Kier molecular flexibility index (Phi) is 18.3. The number of hydrogen-bond donors (Lipinski definition) is 3. The third-order valence-electron chi connectivity index (χ3n) is 11.4. The highest BCUT2D eigenvalue weighted by Crippen LogP contribution is 2.41. The summed E-state index contributed by atoms with van der Waals surface area (Å²) in [5.41, 5.74) is 1.16. The molecule has 69 heavy (non-hydrogen) atoms. The second kappa shape index (κ2) is 23.0. The van der Waals surface area contributed by atoms with Crippen molar-refractivity contribution < 1.29 is 96.0 Å². The lowest BCUT2D eigenvalue weighted by Crippen LogP contribution is -2.38. The van der Waals surface area contributed by atoms with E-state index in [2.05, 4.69) is 4.84 Å². The highest BCUT2D eigenvalue weighted by atomic mass is 35.5. The van der Waals surface area contributed by atoms with Gasteiger partial charge in [-0.05, 0) is 65.8 Å². The average molecular weight is 1020 g/mol. The largest absolute Gasteiger partial charge is 0.394 e. The van der Waals surface area contributed by atoms with Crippen LogP contribution in [-0.2, 0) is 66.5 Å². The van der Waals surface area contributed by atoms with Crippen LogP contribution in [0, 0.1) is 0 Å². The zero-order valence-electron chi connectivity index (χ0n) is 39.3. The van der Waals surface area contributed by atoms with Crippen molar-refractivity contribution >= 4 is 46.8 Å². The SMILES string of the molecule is COC1O[C@H](CO)[C@H]2OC(C)(C)O[C@@H]12.COC1O[C@H](CON)[C@H]2OC(C)(C)O[C@@H]12.COC1O[C@H](CON2C(=O)c3ccccc3C2=O)[C@H]2OC(C)(C)O[C@@H]12.ClCCl.O=C1c2ccccc2C(=O)N1O. The van der Waals surface area contributed by atoms with Gasteiger partial charge in [0, 0.05) is 21.3 Å². The molecule has 10 rings (SSSR count). The van der Waals surface area contributed by atoms with Gasteiger partial charge in [-0.15, -0.1) is 33.3 Å². The number of carbonyl (C=O) groups excluding carboxylic acids is 4. The van der Waals surface area contributed by atoms with E-state index < -0.39 is 78.2 Å². The Hall–Kier alpha value is -3.38. The fourth-order valence-corrected chi connectivity index (χ4v) is 8.62. The van der Waals surface area contributed by atoms with E-state index in [1.807, 2.05) is 27.7 Å². The Morgan fingerprint density at radius 3 is 1.19 bits per heavy atom. The molecule has 25 heteroatoms. The number of benzene rings is 2. The van der Waals surface area contributed by atoms with Crippen molar-refractivity contribution in [3.8, 4) is 0 Å². The molecule has 23 nitrogen and oxygen atoms in total. The van der Waals surface area contributed by atoms with Gasteiger partial charge in [0.05, 0.1) is 40.8 Å². The van der Waals surface area contributed by atoms with Crippen molar-refractivity contribution in [1.29, 1.82) is 0 Å². The van der Waals surface area contributed by atoms with Gasteiger partial charge in [-0.2, -0.15) is 0 Å². The minimum Gasteiger partial charge on any atom is -0.394 e. The number of hydroxylamine groups is 4. The van der Waals surface area contributed by atoms with E-state index in [-0.39, 0.29) is 78.0 Å². The van der Waals surface area contributed by atoms with Gasteiger partial charge in [0.15, 0.2) is 36.2 Å². The van der Waals surface area contributed by atoms with Gasteiger partial charge in [0.25, 0.3) is 23.6 Å². The van der Waals surface area contributed by atoms with Crippen LogP contribution in [0.3, 0.4) is 0 Å². The van der Waals surface area contributed by atoms with Gasteiger partial charge in [0.2, 0.25) is 0 Å². The fourth-order valence-electron chi connectivity index (χ4n) is 8.62. The normalized spacial score (nSPS) is 33.5. The number of carbonyl (C=O) groups is 4. The number of nitrogens with zero attached hydrogens (tertiary/aromatic N) is 2. The summed E-state index contributed by atoms with van der Waals surface area (Å²) in [5, 5.41) is 19.1. The van der Waals surface area contributed by atoms with Crippen LogP contribution >= 0.6 is 23.2 Å². The quantitative estimate of drug-likeness (QED) is 0.141. The summed E-state index contributed by atoms with van der Waals surface area (Å²) in [4.78, 5) is 56.8. The van der Waals surface area contributed by atoms with Crippen LogP contribution in [-0.4, -0.2) is 182 Å². The van der Waals surface area contributed by atoms with Crippen molar-refractivity contribution in [3.63, 3.8) is 0 Å². The van der Waals surface area contributed by atoms with Crippen molar-refractivity contribution in [1.82, 2.24) is 10.1 Å². The second-order valence-electron chi connectivity index (χ2n) is 17.4. The molecular formula is C44H59Cl2N3O20. The Morgan fingerprint density at radius 2 is 0.855 bits per heavy atom. The molecule has 4 amide bonds. The number of rotatable bonds is 9. The first-order valence-corrected chi connectivity index (χ1v) is 22.7. The molecule has 8 heterocycles. The van der Waals surface area contributed by atoms with E-state index in [0.29, 0.717) is 11.1 Å². The molecule has 8 aliphatic rings. The number of aliphatic hydroxyl groups excluding tert-OH is 1. The number of imide groups is 2. The molecule has 0 bridgehead atoms. The summed E-state index contributed by atoms with van der Waals surface area (Å²) in [7, 11) is 4.64. The Bertz CT molecular complexity index is 2030. The number of ether oxygens (including phenoxy) is 12. The second-order valence-corrected chi connectivity index (χ2v) is 18.2. The molecule has 4 N–H and O–H groups in total. The molecule has 12 atom stereocenters. The van der Waals surface area contributed by atoms with Crippen LogP contribution in [0.2, 0.25) is 0 Å². The number of hydrogen-bond acceptors (Lipinski definition) is 21. The minimum absolute atomic E-state index is 0.0358. The summed E-state index contributed by atoms with van der Waals surface area (Å²) in [6.07, 6.45) is -4.27. The first-order chi connectivity index (χ1) is 32.7. The summed E-state index contributed by atoms with van der Waals surface area (Å²) in [6, 6.07) is 12.9. The Labute approximate surface area is 407 Å². The maximum Gasteiger partial charge on any atom is 0.285 e. The van der Waals surface area contributed by atoms with Crippen LogP contribution in [0.1, 0.15) is 83.0 Å². The molecule has 8 aliphatic heterocycles. The van der Waals surface area contributed by atoms with E-state index in [1.165, 1.54) is 19.2 Å². The van der Waals surface area contributed by atoms with Crippen LogP contribution in [0.4, 0.5) is 0 Å². The average Bonchev–Trinajstić information content (AvgIpc) is 4.19. The van der Waals surface area contributed by atoms with Gasteiger partial charge in [-0.3, -0.25) is 29.2 Å². The van der Waals surface area contributed by atoms with E-state index >= 15 is 0 Å². The molecule has 6 fully saturated rings. The summed E-state index contributed by atoms with van der Waals surface area (Å²) in [6.45, 7) is 11.2. The highest BCUT2D eigenvalue weighted by Gasteiger charge is 2.58. The molecule has 2 aromatic rings. The first-order valence-electron chi connectivity index (χ1n) is 21.6. The molecule has 0 radical (unpaired) electrons. The fraction of sp³-hybridized carbons (Fsp3) is 0.636. The van der Waals surface area contributed by atoms with Gasteiger partial charge in [-0.25, -0.2) is 5.90 Å². The molecule has 0 aromatic heterocycles. The summed E-state index contributed by atoms with van der Waals surface area (Å²) >= 11 is 9.53. The topological polar surface area (TPSA) is 270 Å². The van der Waals surface area contributed by atoms with E-state index in [9.17, 15) is 19.2 Å². The Morgan fingerprint density at radius 1 is 0.551 bits per heavy atom. The molecule has 3 unspecified atom stereocenters. The highest BCUT2D eigenvalue weighted by molar-refractivity contribution is 6.40. The molecule has 2 aromatic carbocycles. The third kappa shape index (κ3) is 12.1. The van der Waals surface area contributed by atoms with Gasteiger partial charge in [0.1, 0.15) is 61.5 Å². The molecule has 0 saturated carbocycles. The number of amides is 4. The lowest BCUT2D eigenvalue weighted by molar-refractivity contribution is -0.238. The lowest BCUT2D eigenvalue weighted by Gasteiger charge is -2.24. The maximum absolute atomic E-state index is 12.3. The number of alkyl halides is 2. The zero-order valence-corrected chi connectivity index (χ0v) is 40.9. The predicted molar refractivity (Wildman–Crippen MR) is 234 cm³/mol. The number of methoxy groups -OCH3 is 3. The van der Waals surface area contributed by atoms with Crippen molar-refractivity contribution in [2.24, 2.45) is 5.90 Å². The van der Waals surface area contributed by atoms with Crippen molar-refractivity contribution in [3.05, 3.63) is 70.8 Å². The standard InChI is InChI=1S/C17H19NO7.C9H17NO5.C9H16O5.C8H5NO3.CH2Cl2/c1-17(2)24-12-11(23-16(21-3)13(12)25-17)8-22-18-14(19)9-6-4-5-7-10(9)15(18)20;1-9(2)14-6-5(4-12-10)13-8(11-3)7(6)15-9;1-9(2)13-6-5(4-10)12-8(11-3)7(6)14-9;10-7-5-3-1-2-4-6(5)8(11)9(7)12;2-1-3/h4-7,11-13,16H,8H2,1-3H3;5-8H,4,10H2,1-3H3;5-8,10H,4H2,1-3H3;1-4,12H;1H2/t11-,12-,13-,16?;2*5-,6-,7-,8?;;/m111../s1. The van der Waals surface area contributed by atoms with Gasteiger partial charge >= 0.3 is 0 Å². The van der Waals surface area contributed by atoms with E-state index in [1.54, 1.807) is 64.5 Å². The van der Waals surface area contributed by atoms with Crippen LogP contribution in [0.15, 0.2) is 48.5 Å². The monoisotopic (exact) mass is 1020 g/mol. The van der Waals surface area contributed by atoms with Crippen LogP contribution in [0.25, 0.3) is 0 Å². The molecule has 6 saturated heterocycles. The number of halogens is 2. The van der Waals surface area contributed by atoms with E-state index in [4.69, 9.17) is 101 Å². The number of nitrogens with two attached hydrogens (primary N) is 1. The maximum atomic E-state index is 12.3. The van der Waals surface area contributed by atoms with Crippen molar-refractivity contribution in [2.45, 2.75) is 133 Å². The summed E-state index contributed by atoms with van der Waals surface area (Å²) in [5.74, 6) is 0.757. The summed E-state index contributed by atoms with van der Waals surface area (Å²) < 4.78 is 66.5. The first kappa shape index (κ1) is 54.9. The number of fused-ring (bicyclic) bond motifs is 5. The third-order valence-corrected chi connectivity index (χ3v) is 11.4. The molecule has 384 valence electrons. The Balaban J connectivity index is 0.000000155. The van der Waals surface area contributed by atoms with Crippen molar-refractivity contribution in [2.75, 3.05) is 46.5 Å². The smallest absolute Gasteiger partial charge is 0.285 e. The van der Waals surface area contributed by atoms with Crippen LogP contribution in [0.5, 0.6) is 0 Å². The zero-order chi connectivity index (χ0) is 50.6. The molecule has 0 aliphatic carbocycles.